The molecule has 0 bridgehead atoms. The molecule has 2 aliphatic heterocycles. The minimum Gasteiger partial charge on any atom is -0.480 e. The molecule has 6 nitrogen and oxygen atoms in total. The Hall–Kier alpha value is -1.30. The summed E-state index contributed by atoms with van der Waals surface area (Å²) in [6.07, 6.45) is 1.04. The quantitative estimate of drug-likeness (QED) is 0.548. The third-order valence-electron chi connectivity index (χ3n) is 2.25. The van der Waals surface area contributed by atoms with E-state index < -0.39 is 12.1 Å². The van der Waals surface area contributed by atoms with Gasteiger partial charge in [0.1, 0.15) is 6.04 Å². The van der Waals surface area contributed by atoms with Crippen LogP contribution in [0.1, 0.15) is 12.8 Å². The molecular formula is C8H14N2O4. The van der Waals surface area contributed by atoms with Crippen LogP contribution in [0.2, 0.25) is 0 Å². The molecule has 2 fully saturated rings. The Labute approximate surface area is 81.5 Å². The van der Waals surface area contributed by atoms with Gasteiger partial charge in [-0.1, -0.05) is 0 Å². The van der Waals surface area contributed by atoms with Crippen molar-refractivity contribution in [1.29, 1.82) is 0 Å². The van der Waals surface area contributed by atoms with Crippen LogP contribution in [0.3, 0.4) is 0 Å². The maximum absolute atomic E-state index is 9.92. The van der Waals surface area contributed by atoms with E-state index in [0.717, 1.165) is 32.5 Å². The predicted molar refractivity (Wildman–Crippen MR) is 48.3 cm³/mol. The van der Waals surface area contributed by atoms with Gasteiger partial charge in [-0.2, -0.15) is 0 Å². The monoisotopic (exact) mass is 202 g/mol. The highest BCUT2D eigenvalue weighted by molar-refractivity contribution is 5.74. The number of carboxylic acids is 1. The van der Waals surface area contributed by atoms with E-state index in [0.29, 0.717) is 0 Å². The summed E-state index contributed by atoms with van der Waals surface area (Å²) in [7, 11) is 0. The maximum atomic E-state index is 9.92. The first-order valence-corrected chi connectivity index (χ1v) is 4.55. The average Bonchev–Trinajstić information content (AvgIpc) is 1.74. The molecule has 0 aromatic carbocycles. The molecule has 1 unspecified atom stereocenters. The summed E-state index contributed by atoms with van der Waals surface area (Å²) in [5.41, 5.74) is 0. The highest BCUT2D eigenvalue weighted by Crippen LogP contribution is 2.03. The molecule has 3 N–H and O–H groups in total. The topological polar surface area (TPSA) is 89.9 Å². The number of carboxylic acid groups (broad SMARTS) is 2. The second kappa shape index (κ2) is 4.80. The van der Waals surface area contributed by atoms with Crippen molar-refractivity contribution < 1.29 is 19.8 Å². The first-order chi connectivity index (χ1) is 6.61. The fourth-order valence-electron chi connectivity index (χ4n) is 1.01. The van der Waals surface area contributed by atoms with Gasteiger partial charge >= 0.3 is 12.1 Å². The number of carbonyl (C=O) groups is 2. The lowest BCUT2D eigenvalue weighted by molar-refractivity contribution is -0.141. The summed E-state index contributed by atoms with van der Waals surface area (Å²) in [6, 6.07) is -0.250. The fourth-order valence-corrected chi connectivity index (χ4v) is 1.01. The van der Waals surface area contributed by atoms with Gasteiger partial charge in [0.05, 0.1) is 0 Å². The standard InChI is InChI=1S/2C4H7NO2/c6-4(7)5-2-1-3-5;6-4(7)3-1-2-5-3/h1-3H2,(H,6,7);3,5H,1-2H2,(H,6,7). The SMILES string of the molecule is O=C(O)C1CCN1.O=C(O)N1CCC1. The van der Waals surface area contributed by atoms with Crippen LogP contribution in [0.15, 0.2) is 0 Å². The Bertz CT molecular complexity index is 199. The van der Waals surface area contributed by atoms with Crippen molar-refractivity contribution in [2.75, 3.05) is 19.6 Å². The second-order valence-corrected chi connectivity index (χ2v) is 3.26. The molecule has 2 heterocycles. The van der Waals surface area contributed by atoms with Crippen LogP contribution in [0.25, 0.3) is 0 Å². The third kappa shape index (κ3) is 2.88. The third-order valence-corrected chi connectivity index (χ3v) is 2.25. The van der Waals surface area contributed by atoms with Crippen molar-refractivity contribution in [2.24, 2.45) is 0 Å². The first-order valence-electron chi connectivity index (χ1n) is 4.55. The molecule has 0 radical (unpaired) electrons. The molecule has 2 rings (SSSR count). The number of rotatable bonds is 1. The van der Waals surface area contributed by atoms with E-state index in [2.05, 4.69) is 5.32 Å². The summed E-state index contributed by atoms with van der Waals surface area (Å²) in [6.45, 7) is 2.32. The van der Waals surface area contributed by atoms with Gasteiger partial charge in [-0.3, -0.25) is 4.79 Å². The summed E-state index contributed by atoms with van der Waals surface area (Å²) in [5.74, 6) is -0.730. The molecule has 14 heavy (non-hydrogen) atoms. The highest BCUT2D eigenvalue weighted by atomic mass is 16.4. The zero-order valence-corrected chi connectivity index (χ0v) is 7.77. The molecular weight excluding hydrogens is 188 g/mol. The van der Waals surface area contributed by atoms with E-state index in [9.17, 15) is 9.59 Å². The number of nitrogens with zero attached hydrogens (tertiary/aromatic N) is 1. The lowest BCUT2D eigenvalue weighted by atomic mass is 10.1. The van der Waals surface area contributed by atoms with Crippen molar-refractivity contribution in [3.8, 4) is 0 Å². The Kier molecular flexibility index (Phi) is 3.70. The molecule has 0 saturated carbocycles. The molecule has 2 aliphatic rings. The molecule has 1 amide bonds. The number of aliphatic carboxylic acids is 1. The van der Waals surface area contributed by atoms with Crippen LogP contribution in [-0.4, -0.2) is 52.9 Å². The smallest absolute Gasteiger partial charge is 0.407 e. The number of hydrogen-bond donors (Lipinski definition) is 3. The van der Waals surface area contributed by atoms with Gasteiger partial charge in [-0.25, -0.2) is 4.79 Å². The fraction of sp³-hybridized carbons (Fsp3) is 0.750. The summed E-state index contributed by atoms with van der Waals surface area (Å²) < 4.78 is 0. The molecule has 80 valence electrons. The predicted octanol–water partition coefficient (Wildman–Crippen LogP) is -0.197. The van der Waals surface area contributed by atoms with Gasteiger partial charge < -0.3 is 20.4 Å². The Morgan fingerprint density at radius 2 is 1.86 bits per heavy atom. The molecule has 0 spiro atoms. The van der Waals surface area contributed by atoms with E-state index in [4.69, 9.17) is 10.2 Å². The summed E-state index contributed by atoms with van der Waals surface area (Å²) in [4.78, 5) is 21.2. The maximum Gasteiger partial charge on any atom is 0.407 e. The first kappa shape index (κ1) is 10.8. The summed E-state index contributed by atoms with van der Waals surface area (Å²) >= 11 is 0. The number of likely N-dealkylation sites (tertiary alicyclic amines) is 1. The number of hydrogen-bond acceptors (Lipinski definition) is 3. The van der Waals surface area contributed by atoms with E-state index in [1.165, 1.54) is 4.90 Å². The Morgan fingerprint density at radius 1 is 1.29 bits per heavy atom. The normalized spacial score (nSPS) is 23.7. The minimum absolute atomic E-state index is 0.250. The zero-order chi connectivity index (χ0) is 10.6. The van der Waals surface area contributed by atoms with Crippen LogP contribution in [-0.2, 0) is 4.79 Å². The van der Waals surface area contributed by atoms with Gasteiger partial charge in [0.25, 0.3) is 0 Å². The van der Waals surface area contributed by atoms with Crippen molar-refractivity contribution in [3.05, 3.63) is 0 Å². The lowest BCUT2D eigenvalue weighted by Gasteiger charge is -2.27. The van der Waals surface area contributed by atoms with Crippen molar-refractivity contribution in [1.82, 2.24) is 10.2 Å². The average molecular weight is 202 g/mol. The van der Waals surface area contributed by atoms with Crippen LogP contribution in [0.5, 0.6) is 0 Å². The van der Waals surface area contributed by atoms with E-state index >= 15 is 0 Å². The molecule has 0 aliphatic carbocycles. The van der Waals surface area contributed by atoms with Crippen molar-refractivity contribution in [2.45, 2.75) is 18.9 Å². The largest absolute Gasteiger partial charge is 0.480 e. The molecule has 2 saturated heterocycles. The van der Waals surface area contributed by atoms with Crippen molar-refractivity contribution >= 4 is 12.1 Å². The zero-order valence-electron chi connectivity index (χ0n) is 7.77. The van der Waals surface area contributed by atoms with E-state index in [-0.39, 0.29) is 6.04 Å². The second-order valence-electron chi connectivity index (χ2n) is 3.26. The number of nitrogens with one attached hydrogen (secondary N) is 1. The van der Waals surface area contributed by atoms with Crippen LogP contribution < -0.4 is 5.32 Å². The summed E-state index contributed by atoms with van der Waals surface area (Å²) in [5, 5.41) is 19.1. The van der Waals surface area contributed by atoms with Gasteiger partial charge in [-0.15, -0.1) is 0 Å². The van der Waals surface area contributed by atoms with Crippen LogP contribution >= 0.6 is 0 Å². The molecule has 0 aromatic heterocycles. The Balaban J connectivity index is 0.000000140. The van der Waals surface area contributed by atoms with Crippen LogP contribution in [0, 0.1) is 0 Å². The van der Waals surface area contributed by atoms with Gasteiger partial charge in [0.2, 0.25) is 0 Å². The van der Waals surface area contributed by atoms with Gasteiger partial charge in [0, 0.05) is 13.1 Å². The van der Waals surface area contributed by atoms with Crippen molar-refractivity contribution in [3.63, 3.8) is 0 Å². The van der Waals surface area contributed by atoms with Gasteiger partial charge in [-0.05, 0) is 19.4 Å². The number of amides is 1. The minimum atomic E-state index is -0.786. The lowest BCUT2D eigenvalue weighted by Crippen LogP contribution is -2.48. The Morgan fingerprint density at radius 3 is 1.86 bits per heavy atom. The molecule has 6 heteroatoms. The van der Waals surface area contributed by atoms with Crippen LogP contribution in [0.4, 0.5) is 4.79 Å². The van der Waals surface area contributed by atoms with E-state index in [1.807, 2.05) is 0 Å². The molecule has 0 aromatic rings. The van der Waals surface area contributed by atoms with E-state index in [1.54, 1.807) is 0 Å². The highest BCUT2D eigenvalue weighted by Gasteiger charge is 2.22. The van der Waals surface area contributed by atoms with Gasteiger partial charge in [0.15, 0.2) is 0 Å². The molecule has 1 atom stereocenters.